The Hall–Kier alpha value is -2.11. The van der Waals surface area contributed by atoms with Crippen LogP contribution in [-0.4, -0.2) is 40.9 Å². The molecule has 0 radical (unpaired) electrons. The van der Waals surface area contributed by atoms with Crippen molar-refractivity contribution in [3.8, 4) is 5.75 Å². The molecular formula is C13H17N3O3. The van der Waals surface area contributed by atoms with E-state index in [9.17, 15) is 9.59 Å². The Bertz CT molecular complexity index is 482. The number of nitrogens with two attached hydrogens (primary N) is 1. The van der Waals surface area contributed by atoms with Gasteiger partial charge in [0.2, 0.25) is 0 Å². The molecule has 0 spiro atoms. The zero-order valence-electron chi connectivity index (χ0n) is 10.8. The lowest BCUT2D eigenvalue weighted by Gasteiger charge is -2.31. The largest absolute Gasteiger partial charge is 0.488 e. The lowest BCUT2D eigenvalue weighted by atomic mass is 10.1. The van der Waals surface area contributed by atoms with Crippen LogP contribution < -0.4 is 10.5 Å². The standard InChI is InChI=1S/C13H17N3O3/c1-9-11(3-2-6-15-9)19-10-4-7-16(8-5-10)13(18)12(14)17/h2-3,6,10H,4-5,7-8H2,1H3,(H2,14,17). The molecule has 2 N–H and O–H groups in total. The van der Waals surface area contributed by atoms with Crippen LogP contribution in [-0.2, 0) is 9.59 Å². The third-order valence-electron chi connectivity index (χ3n) is 3.19. The summed E-state index contributed by atoms with van der Waals surface area (Å²) >= 11 is 0. The van der Waals surface area contributed by atoms with E-state index in [1.54, 1.807) is 6.20 Å². The predicted molar refractivity (Wildman–Crippen MR) is 68.4 cm³/mol. The van der Waals surface area contributed by atoms with E-state index in [0.29, 0.717) is 25.9 Å². The lowest BCUT2D eigenvalue weighted by molar-refractivity contribution is -0.145. The molecule has 0 aromatic carbocycles. The maximum atomic E-state index is 11.4. The van der Waals surface area contributed by atoms with Crippen LogP contribution >= 0.6 is 0 Å². The molecular weight excluding hydrogens is 246 g/mol. The van der Waals surface area contributed by atoms with Crippen molar-refractivity contribution >= 4 is 11.8 Å². The number of rotatable bonds is 2. The van der Waals surface area contributed by atoms with Crippen molar-refractivity contribution in [2.45, 2.75) is 25.9 Å². The third kappa shape index (κ3) is 3.21. The molecule has 0 saturated carbocycles. The highest BCUT2D eigenvalue weighted by Gasteiger charge is 2.26. The fourth-order valence-electron chi connectivity index (χ4n) is 2.11. The summed E-state index contributed by atoms with van der Waals surface area (Å²) in [5, 5.41) is 0. The fraction of sp³-hybridized carbons (Fsp3) is 0.462. The van der Waals surface area contributed by atoms with Gasteiger partial charge in [-0.2, -0.15) is 0 Å². The number of aryl methyl sites for hydroxylation is 1. The maximum absolute atomic E-state index is 11.4. The van der Waals surface area contributed by atoms with Gasteiger partial charge in [0.05, 0.1) is 5.69 Å². The average molecular weight is 263 g/mol. The molecule has 1 saturated heterocycles. The van der Waals surface area contributed by atoms with Gasteiger partial charge < -0.3 is 15.4 Å². The Morgan fingerprint density at radius 3 is 2.68 bits per heavy atom. The average Bonchev–Trinajstić information content (AvgIpc) is 2.41. The van der Waals surface area contributed by atoms with E-state index in [1.165, 1.54) is 4.90 Å². The van der Waals surface area contributed by atoms with Crippen molar-refractivity contribution < 1.29 is 14.3 Å². The van der Waals surface area contributed by atoms with Crippen LogP contribution in [0.5, 0.6) is 5.75 Å². The number of hydrogen-bond donors (Lipinski definition) is 1. The molecule has 1 aromatic rings. The SMILES string of the molecule is Cc1ncccc1OC1CCN(C(=O)C(N)=O)CC1. The molecule has 6 nitrogen and oxygen atoms in total. The van der Waals surface area contributed by atoms with E-state index in [0.717, 1.165) is 11.4 Å². The molecule has 1 aliphatic heterocycles. The van der Waals surface area contributed by atoms with E-state index < -0.39 is 11.8 Å². The molecule has 2 heterocycles. The van der Waals surface area contributed by atoms with Crippen molar-refractivity contribution in [1.82, 2.24) is 9.88 Å². The third-order valence-corrected chi connectivity index (χ3v) is 3.19. The zero-order chi connectivity index (χ0) is 13.8. The van der Waals surface area contributed by atoms with E-state index in [-0.39, 0.29) is 6.10 Å². The van der Waals surface area contributed by atoms with Gasteiger partial charge >= 0.3 is 11.8 Å². The number of carbonyl (C=O) groups is 2. The zero-order valence-corrected chi connectivity index (χ0v) is 10.8. The number of ether oxygens (including phenoxy) is 1. The van der Waals surface area contributed by atoms with Gasteiger partial charge in [0.15, 0.2) is 0 Å². The Morgan fingerprint density at radius 1 is 1.42 bits per heavy atom. The van der Waals surface area contributed by atoms with Crippen LogP contribution in [0.3, 0.4) is 0 Å². The molecule has 19 heavy (non-hydrogen) atoms. The molecule has 6 heteroatoms. The van der Waals surface area contributed by atoms with Crippen molar-refractivity contribution in [2.75, 3.05) is 13.1 Å². The van der Waals surface area contributed by atoms with Gasteiger partial charge in [0.25, 0.3) is 0 Å². The maximum Gasteiger partial charge on any atom is 0.311 e. The van der Waals surface area contributed by atoms with Gasteiger partial charge in [0.1, 0.15) is 11.9 Å². The number of likely N-dealkylation sites (tertiary alicyclic amines) is 1. The van der Waals surface area contributed by atoms with Crippen LogP contribution in [0.15, 0.2) is 18.3 Å². The van der Waals surface area contributed by atoms with E-state index in [1.807, 2.05) is 19.1 Å². The Labute approximate surface area is 111 Å². The number of piperidine rings is 1. The summed E-state index contributed by atoms with van der Waals surface area (Å²) in [5.74, 6) is -0.749. The highest BCUT2D eigenvalue weighted by molar-refractivity contribution is 6.34. The molecule has 2 amide bonds. The van der Waals surface area contributed by atoms with Crippen molar-refractivity contribution in [3.63, 3.8) is 0 Å². The van der Waals surface area contributed by atoms with Crippen molar-refractivity contribution in [3.05, 3.63) is 24.0 Å². The van der Waals surface area contributed by atoms with Crippen molar-refractivity contribution in [1.29, 1.82) is 0 Å². The molecule has 0 atom stereocenters. The normalized spacial score (nSPS) is 16.2. The van der Waals surface area contributed by atoms with E-state index >= 15 is 0 Å². The predicted octanol–water partition coefficient (Wildman–Crippen LogP) is 0.245. The van der Waals surface area contributed by atoms with Crippen LogP contribution in [0.2, 0.25) is 0 Å². The molecule has 2 rings (SSSR count). The highest BCUT2D eigenvalue weighted by Crippen LogP contribution is 2.20. The topological polar surface area (TPSA) is 85.5 Å². The summed E-state index contributed by atoms with van der Waals surface area (Å²) in [6.45, 7) is 2.87. The summed E-state index contributed by atoms with van der Waals surface area (Å²) in [7, 11) is 0. The van der Waals surface area contributed by atoms with Gasteiger partial charge in [0, 0.05) is 32.1 Å². The van der Waals surface area contributed by atoms with Gasteiger partial charge in [-0.25, -0.2) is 0 Å². The smallest absolute Gasteiger partial charge is 0.311 e. The first-order valence-electron chi connectivity index (χ1n) is 6.25. The van der Waals surface area contributed by atoms with Gasteiger partial charge in [-0.15, -0.1) is 0 Å². The van der Waals surface area contributed by atoms with E-state index in [2.05, 4.69) is 4.98 Å². The highest BCUT2D eigenvalue weighted by atomic mass is 16.5. The fourth-order valence-corrected chi connectivity index (χ4v) is 2.11. The summed E-state index contributed by atoms with van der Waals surface area (Å²) in [4.78, 5) is 27.9. The first-order valence-corrected chi connectivity index (χ1v) is 6.25. The lowest BCUT2D eigenvalue weighted by Crippen LogP contribution is -2.46. The number of hydrogen-bond acceptors (Lipinski definition) is 4. The number of carbonyl (C=O) groups excluding carboxylic acids is 2. The molecule has 0 bridgehead atoms. The minimum atomic E-state index is -0.900. The van der Waals surface area contributed by atoms with Crippen molar-refractivity contribution in [2.24, 2.45) is 5.73 Å². The second kappa shape index (κ2) is 5.69. The van der Waals surface area contributed by atoms with Crippen LogP contribution in [0.4, 0.5) is 0 Å². The first kappa shape index (κ1) is 13.3. The van der Waals surface area contributed by atoms with Gasteiger partial charge in [-0.3, -0.25) is 14.6 Å². The van der Waals surface area contributed by atoms with Gasteiger partial charge in [-0.05, 0) is 19.1 Å². The molecule has 0 unspecified atom stereocenters. The summed E-state index contributed by atoms with van der Waals surface area (Å²) < 4.78 is 5.86. The van der Waals surface area contributed by atoms with Crippen LogP contribution in [0.1, 0.15) is 18.5 Å². The van der Waals surface area contributed by atoms with Crippen LogP contribution in [0, 0.1) is 6.92 Å². The number of nitrogens with zero attached hydrogens (tertiary/aromatic N) is 2. The quantitative estimate of drug-likeness (QED) is 0.775. The molecule has 0 aliphatic carbocycles. The summed E-state index contributed by atoms with van der Waals surface area (Å²) in [6, 6.07) is 3.71. The minimum absolute atomic E-state index is 0.0415. The number of aromatic nitrogens is 1. The molecule has 1 fully saturated rings. The Morgan fingerprint density at radius 2 is 2.11 bits per heavy atom. The minimum Gasteiger partial charge on any atom is -0.488 e. The van der Waals surface area contributed by atoms with E-state index in [4.69, 9.17) is 10.5 Å². The molecule has 102 valence electrons. The number of pyridine rings is 1. The Kier molecular flexibility index (Phi) is 3.99. The second-order valence-electron chi connectivity index (χ2n) is 4.56. The number of primary amides is 1. The first-order chi connectivity index (χ1) is 9.08. The summed E-state index contributed by atoms with van der Waals surface area (Å²) in [5.41, 5.74) is 5.82. The molecule has 1 aromatic heterocycles. The Balaban J connectivity index is 1.89. The van der Waals surface area contributed by atoms with Gasteiger partial charge in [-0.1, -0.05) is 0 Å². The molecule has 1 aliphatic rings. The second-order valence-corrected chi connectivity index (χ2v) is 4.56. The van der Waals surface area contributed by atoms with Crippen LogP contribution in [0.25, 0.3) is 0 Å². The number of amides is 2. The monoisotopic (exact) mass is 263 g/mol. The summed E-state index contributed by atoms with van der Waals surface area (Å²) in [6.07, 6.45) is 3.14.